The van der Waals surface area contributed by atoms with E-state index in [2.05, 4.69) is 0 Å². The van der Waals surface area contributed by atoms with Gasteiger partial charge in [0.15, 0.2) is 11.6 Å². The molecule has 0 atom stereocenters. The molecular formula is C12H14F2N2O4. The summed E-state index contributed by atoms with van der Waals surface area (Å²) in [4.78, 5) is 21.4. The van der Waals surface area contributed by atoms with Gasteiger partial charge in [0.2, 0.25) is 0 Å². The Morgan fingerprint density at radius 1 is 1.35 bits per heavy atom. The molecule has 0 unspecified atom stereocenters. The van der Waals surface area contributed by atoms with Crippen molar-refractivity contribution in [2.24, 2.45) is 0 Å². The van der Waals surface area contributed by atoms with Crippen molar-refractivity contribution in [3.63, 3.8) is 0 Å². The van der Waals surface area contributed by atoms with E-state index in [4.69, 9.17) is 5.11 Å². The summed E-state index contributed by atoms with van der Waals surface area (Å²) in [5, 5.41) is 19.4. The summed E-state index contributed by atoms with van der Waals surface area (Å²) in [5.74, 6) is -3.61. The van der Waals surface area contributed by atoms with E-state index in [-0.39, 0.29) is 0 Å². The Hall–Kier alpha value is -2.25. The number of non-ortho nitro benzene ring substituents is 1. The maximum atomic E-state index is 13.9. The van der Waals surface area contributed by atoms with E-state index in [9.17, 15) is 23.7 Å². The van der Waals surface area contributed by atoms with Crippen LogP contribution in [0.3, 0.4) is 0 Å². The molecule has 0 fully saturated rings. The zero-order chi connectivity index (χ0) is 15.7. The Labute approximate surface area is 113 Å². The molecule has 0 aromatic heterocycles. The fourth-order valence-electron chi connectivity index (χ4n) is 1.70. The lowest BCUT2D eigenvalue weighted by molar-refractivity contribution is -0.385. The molecule has 0 aliphatic heterocycles. The first-order valence-corrected chi connectivity index (χ1v) is 5.67. The Balaban J connectivity index is 3.41. The van der Waals surface area contributed by atoms with Crippen molar-refractivity contribution in [3.8, 4) is 0 Å². The van der Waals surface area contributed by atoms with Crippen molar-refractivity contribution < 1.29 is 23.6 Å². The van der Waals surface area contributed by atoms with Crippen LogP contribution >= 0.6 is 0 Å². The van der Waals surface area contributed by atoms with E-state index >= 15 is 0 Å². The Morgan fingerprint density at radius 3 is 2.10 bits per heavy atom. The van der Waals surface area contributed by atoms with Gasteiger partial charge in [0.25, 0.3) is 5.69 Å². The van der Waals surface area contributed by atoms with Crippen molar-refractivity contribution in [1.29, 1.82) is 0 Å². The van der Waals surface area contributed by atoms with Crippen LogP contribution in [0.1, 0.15) is 20.8 Å². The molecule has 8 heteroatoms. The third kappa shape index (κ3) is 3.40. The van der Waals surface area contributed by atoms with Gasteiger partial charge in [-0.05, 0) is 20.8 Å². The summed E-state index contributed by atoms with van der Waals surface area (Å²) < 4.78 is 27.8. The molecule has 0 amide bonds. The van der Waals surface area contributed by atoms with Crippen LogP contribution in [0, 0.1) is 21.7 Å². The third-order valence-electron chi connectivity index (χ3n) is 2.59. The lowest BCUT2D eigenvalue weighted by Crippen LogP contribution is -2.45. The average molecular weight is 288 g/mol. The van der Waals surface area contributed by atoms with Gasteiger partial charge in [-0.3, -0.25) is 14.9 Å². The highest BCUT2D eigenvalue weighted by Gasteiger charge is 2.30. The second kappa shape index (κ2) is 5.40. The lowest BCUT2D eigenvalue weighted by atomic mass is 10.0. The largest absolute Gasteiger partial charge is 0.480 e. The minimum absolute atomic E-state index is 0.568. The molecule has 0 aliphatic carbocycles. The number of rotatable bonds is 4. The number of hydrogen-bond acceptors (Lipinski definition) is 4. The van der Waals surface area contributed by atoms with Crippen molar-refractivity contribution in [3.05, 3.63) is 33.9 Å². The number of anilines is 1. The number of halogens is 2. The highest BCUT2D eigenvalue weighted by atomic mass is 19.1. The second-order valence-corrected chi connectivity index (χ2v) is 5.17. The molecule has 6 nitrogen and oxygen atoms in total. The minimum Gasteiger partial charge on any atom is -0.480 e. The van der Waals surface area contributed by atoms with E-state index in [1.807, 2.05) is 0 Å². The number of nitro groups is 1. The number of carboxylic acids is 1. The molecular weight excluding hydrogens is 274 g/mol. The lowest BCUT2D eigenvalue weighted by Gasteiger charge is -2.36. The van der Waals surface area contributed by atoms with E-state index in [0.29, 0.717) is 12.1 Å². The number of aliphatic carboxylic acids is 1. The highest BCUT2D eigenvalue weighted by molar-refractivity contribution is 5.74. The van der Waals surface area contributed by atoms with Gasteiger partial charge in [-0.15, -0.1) is 0 Å². The number of carbonyl (C=O) groups is 1. The number of nitro benzene ring substituents is 1. The van der Waals surface area contributed by atoms with Gasteiger partial charge in [0, 0.05) is 5.54 Å². The van der Waals surface area contributed by atoms with Gasteiger partial charge in [-0.1, -0.05) is 0 Å². The molecule has 1 aromatic rings. The molecule has 0 heterocycles. The SMILES string of the molecule is CC(C)(C)N(CC(=O)O)c1c(F)cc([N+](=O)[O-])cc1F. The van der Waals surface area contributed by atoms with Gasteiger partial charge in [-0.2, -0.15) is 0 Å². The maximum absolute atomic E-state index is 13.9. The Kier molecular flexibility index (Phi) is 4.26. The molecule has 0 radical (unpaired) electrons. The number of carboxylic acid groups (broad SMARTS) is 1. The van der Waals surface area contributed by atoms with E-state index in [0.717, 1.165) is 4.90 Å². The smallest absolute Gasteiger partial charge is 0.323 e. The summed E-state index contributed by atoms with van der Waals surface area (Å²) in [6.45, 7) is 4.11. The van der Waals surface area contributed by atoms with Crippen LogP contribution in [0.4, 0.5) is 20.2 Å². The highest BCUT2D eigenvalue weighted by Crippen LogP contribution is 2.32. The van der Waals surface area contributed by atoms with Gasteiger partial charge in [0.05, 0.1) is 17.1 Å². The number of nitrogens with zero attached hydrogens (tertiary/aromatic N) is 2. The van der Waals surface area contributed by atoms with Gasteiger partial charge >= 0.3 is 5.97 Å². The zero-order valence-corrected chi connectivity index (χ0v) is 11.2. The molecule has 20 heavy (non-hydrogen) atoms. The van der Waals surface area contributed by atoms with Crippen molar-refractivity contribution in [2.75, 3.05) is 11.4 Å². The van der Waals surface area contributed by atoms with Gasteiger partial charge in [0.1, 0.15) is 12.2 Å². The number of hydrogen-bond donors (Lipinski definition) is 1. The Morgan fingerprint density at radius 2 is 1.80 bits per heavy atom. The zero-order valence-electron chi connectivity index (χ0n) is 11.2. The van der Waals surface area contributed by atoms with Crippen LogP contribution in [-0.4, -0.2) is 28.1 Å². The topological polar surface area (TPSA) is 83.7 Å². The molecule has 0 aliphatic rings. The molecule has 110 valence electrons. The summed E-state index contributed by atoms with van der Waals surface area (Å²) in [7, 11) is 0. The number of benzene rings is 1. The maximum Gasteiger partial charge on any atom is 0.323 e. The minimum atomic E-state index is -1.27. The predicted octanol–water partition coefficient (Wildman–Crippen LogP) is 2.56. The summed E-state index contributed by atoms with van der Waals surface area (Å²) in [5.41, 5.74) is -2.20. The summed E-state index contributed by atoms with van der Waals surface area (Å²) in [6, 6.07) is 1.14. The first-order chi connectivity index (χ1) is 9.04. The van der Waals surface area contributed by atoms with Crippen LogP contribution in [0.15, 0.2) is 12.1 Å². The Bertz CT molecular complexity index is 532. The van der Waals surface area contributed by atoms with Crippen LogP contribution in [0.5, 0.6) is 0 Å². The van der Waals surface area contributed by atoms with E-state index in [1.54, 1.807) is 20.8 Å². The first kappa shape index (κ1) is 15.8. The molecule has 0 saturated carbocycles. The first-order valence-electron chi connectivity index (χ1n) is 5.67. The molecule has 0 spiro atoms. The van der Waals surface area contributed by atoms with Crippen molar-refractivity contribution in [1.82, 2.24) is 0 Å². The van der Waals surface area contributed by atoms with E-state index in [1.165, 1.54) is 0 Å². The van der Waals surface area contributed by atoms with E-state index < -0.39 is 46.0 Å². The average Bonchev–Trinajstić information content (AvgIpc) is 2.24. The standard InChI is InChI=1S/C12H14F2N2O4/c1-12(2,3)15(6-10(17)18)11-8(13)4-7(16(19)20)5-9(11)14/h4-5H,6H2,1-3H3,(H,17,18). The monoisotopic (exact) mass is 288 g/mol. The molecule has 0 saturated heterocycles. The molecule has 1 N–H and O–H groups in total. The van der Waals surface area contributed by atoms with Gasteiger partial charge in [-0.25, -0.2) is 8.78 Å². The summed E-state index contributed by atoms with van der Waals surface area (Å²) >= 11 is 0. The summed E-state index contributed by atoms with van der Waals surface area (Å²) in [6.07, 6.45) is 0. The van der Waals surface area contributed by atoms with Gasteiger partial charge < -0.3 is 10.0 Å². The second-order valence-electron chi connectivity index (χ2n) is 5.17. The molecule has 1 rings (SSSR count). The normalized spacial score (nSPS) is 11.2. The molecule has 1 aromatic carbocycles. The third-order valence-corrected chi connectivity index (χ3v) is 2.59. The van der Waals surface area contributed by atoms with Crippen molar-refractivity contribution in [2.45, 2.75) is 26.3 Å². The van der Waals surface area contributed by atoms with Crippen LogP contribution in [-0.2, 0) is 4.79 Å². The van der Waals surface area contributed by atoms with Crippen LogP contribution in [0.25, 0.3) is 0 Å². The van der Waals surface area contributed by atoms with Crippen LogP contribution in [0.2, 0.25) is 0 Å². The van der Waals surface area contributed by atoms with Crippen LogP contribution < -0.4 is 4.90 Å². The fourth-order valence-corrected chi connectivity index (χ4v) is 1.70. The van der Waals surface area contributed by atoms with Crippen molar-refractivity contribution >= 4 is 17.3 Å². The molecule has 0 bridgehead atoms. The fraction of sp³-hybridized carbons (Fsp3) is 0.417. The predicted molar refractivity (Wildman–Crippen MR) is 67.7 cm³/mol. The quantitative estimate of drug-likeness (QED) is 0.680.